The fraction of sp³-hybridized carbons (Fsp3) is 0.556. The van der Waals surface area contributed by atoms with Crippen molar-refractivity contribution in [3.63, 3.8) is 0 Å². The second-order valence-electron chi connectivity index (χ2n) is 6.72. The maximum Gasteiger partial charge on any atom is 0.309 e. The van der Waals surface area contributed by atoms with Crippen LogP contribution in [0.4, 0.5) is 0 Å². The number of aryl methyl sites for hydroxylation is 1. The number of piperidine rings is 1. The largest absolute Gasteiger partial charge is 0.507 e. The molecule has 1 aromatic carbocycles. The molecule has 130 valence electrons. The molecule has 2 N–H and O–H groups in total. The molecular formula is C18H23NO5. The number of nitrogens with zero attached hydrogens (tertiary/aromatic N) is 1. The van der Waals surface area contributed by atoms with Gasteiger partial charge in [0, 0.05) is 19.7 Å². The van der Waals surface area contributed by atoms with E-state index in [9.17, 15) is 19.8 Å². The van der Waals surface area contributed by atoms with Crippen LogP contribution in [0.25, 0.3) is 0 Å². The van der Waals surface area contributed by atoms with Gasteiger partial charge < -0.3 is 19.8 Å². The molecule has 0 aromatic heterocycles. The summed E-state index contributed by atoms with van der Waals surface area (Å²) in [6, 6.07) is 5.05. The number of carboxylic acid groups (broad SMARTS) is 1. The number of hydrogen-bond acceptors (Lipinski definition) is 4. The van der Waals surface area contributed by atoms with Gasteiger partial charge in [-0.3, -0.25) is 9.59 Å². The lowest BCUT2D eigenvalue weighted by atomic mass is 9.84. The van der Waals surface area contributed by atoms with E-state index in [0.29, 0.717) is 31.7 Å². The summed E-state index contributed by atoms with van der Waals surface area (Å²) in [5.41, 5.74) is 1.22. The van der Waals surface area contributed by atoms with Crippen molar-refractivity contribution in [2.75, 3.05) is 19.7 Å². The molecule has 0 aliphatic carbocycles. The van der Waals surface area contributed by atoms with Gasteiger partial charge in [-0.15, -0.1) is 0 Å². The quantitative estimate of drug-likeness (QED) is 0.884. The zero-order valence-electron chi connectivity index (χ0n) is 13.8. The third-order valence-corrected chi connectivity index (χ3v) is 5.13. The second kappa shape index (κ2) is 6.81. The molecule has 6 nitrogen and oxygen atoms in total. The molecule has 0 radical (unpaired) electrons. The number of phenols is 1. The fourth-order valence-electron chi connectivity index (χ4n) is 3.76. The van der Waals surface area contributed by atoms with Gasteiger partial charge in [0.05, 0.1) is 17.6 Å². The number of rotatable bonds is 3. The Hall–Kier alpha value is -2.08. The highest BCUT2D eigenvalue weighted by Crippen LogP contribution is 2.34. The lowest BCUT2D eigenvalue weighted by Gasteiger charge is -2.35. The number of benzene rings is 1. The van der Waals surface area contributed by atoms with Crippen LogP contribution in [0.2, 0.25) is 0 Å². The molecule has 2 aliphatic heterocycles. The molecular weight excluding hydrogens is 310 g/mol. The van der Waals surface area contributed by atoms with Gasteiger partial charge in [0.2, 0.25) is 0 Å². The van der Waals surface area contributed by atoms with E-state index in [1.165, 1.54) is 0 Å². The highest BCUT2D eigenvalue weighted by Gasteiger charge is 2.40. The SMILES string of the molecule is Cc1ccc(C(=O)N2CCC([C@@H]3OCC[C@H]3C(=O)O)CC2)c(O)c1. The van der Waals surface area contributed by atoms with Crippen LogP contribution in [0.5, 0.6) is 5.75 Å². The van der Waals surface area contributed by atoms with Crippen LogP contribution in [0.1, 0.15) is 35.2 Å². The first kappa shape index (κ1) is 16.8. The topological polar surface area (TPSA) is 87.1 Å². The smallest absolute Gasteiger partial charge is 0.309 e. The summed E-state index contributed by atoms with van der Waals surface area (Å²) >= 11 is 0. The zero-order chi connectivity index (χ0) is 17.3. The van der Waals surface area contributed by atoms with E-state index >= 15 is 0 Å². The average Bonchev–Trinajstić information content (AvgIpc) is 3.04. The van der Waals surface area contributed by atoms with Crippen molar-refractivity contribution in [3.8, 4) is 5.75 Å². The van der Waals surface area contributed by atoms with Crippen LogP contribution in [0.3, 0.4) is 0 Å². The average molecular weight is 333 g/mol. The van der Waals surface area contributed by atoms with Crippen molar-refractivity contribution in [1.29, 1.82) is 0 Å². The van der Waals surface area contributed by atoms with E-state index in [0.717, 1.165) is 18.4 Å². The van der Waals surface area contributed by atoms with Crippen molar-refractivity contribution >= 4 is 11.9 Å². The van der Waals surface area contributed by atoms with Gasteiger partial charge in [-0.25, -0.2) is 0 Å². The van der Waals surface area contributed by atoms with Crippen LogP contribution >= 0.6 is 0 Å². The number of hydrogen-bond donors (Lipinski definition) is 2. The minimum atomic E-state index is -0.791. The van der Waals surface area contributed by atoms with E-state index in [4.69, 9.17) is 4.74 Å². The number of aliphatic carboxylic acids is 1. The molecule has 0 saturated carbocycles. The number of amides is 1. The van der Waals surface area contributed by atoms with Crippen molar-refractivity contribution in [2.45, 2.75) is 32.3 Å². The predicted molar refractivity (Wildman–Crippen MR) is 87.0 cm³/mol. The first-order valence-electron chi connectivity index (χ1n) is 8.40. The Labute approximate surface area is 141 Å². The minimum absolute atomic E-state index is 0.00666. The summed E-state index contributed by atoms with van der Waals surface area (Å²) in [5.74, 6) is -1.22. The van der Waals surface area contributed by atoms with Crippen LogP contribution < -0.4 is 0 Å². The van der Waals surface area contributed by atoms with Gasteiger partial charge in [-0.2, -0.15) is 0 Å². The Balaban J connectivity index is 1.62. The molecule has 2 atom stereocenters. The zero-order valence-corrected chi connectivity index (χ0v) is 13.8. The van der Waals surface area contributed by atoms with Crippen LogP contribution in [-0.2, 0) is 9.53 Å². The third kappa shape index (κ3) is 3.24. The summed E-state index contributed by atoms with van der Waals surface area (Å²) < 4.78 is 5.65. The standard InChI is InChI=1S/C18H23NO5/c1-11-2-3-13(15(20)10-11)17(21)19-7-4-12(5-8-19)16-14(18(22)23)6-9-24-16/h2-3,10,12,14,16,20H,4-9H2,1H3,(H,22,23)/t14-,16+/m1/s1. The highest BCUT2D eigenvalue weighted by molar-refractivity contribution is 5.97. The van der Waals surface area contributed by atoms with Crippen LogP contribution in [-0.4, -0.2) is 52.8 Å². The Kier molecular flexibility index (Phi) is 4.76. The van der Waals surface area contributed by atoms with Gasteiger partial charge in [0.15, 0.2) is 0 Å². The van der Waals surface area contributed by atoms with Crippen molar-refractivity contribution in [1.82, 2.24) is 4.90 Å². The first-order chi connectivity index (χ1) is 11.5. The number of carboxylic acids is 1. The monoisotopic (exact) mass is 333 g/mol. The maximum atomic E-state index is 12.6. The molecule has 2 heterocycles. The van der Waals surface area contributed by atoms with E-state index in [1.807, 2.05) is 13.0 Å². The fourth-order valence-corrected chi connectivity index (χ4v) is 3.76. The van der Waals surface area contributed by atoms with E-state index in [2.05, 4.69) is 0 Å². The summed E-state index contributed by atoms with van der Waals surface area (Å²) in [6.45, 7) is 3.48. The van der Waals surface area contributed by atoms with Crippen molar-refractivity contribution in [3.05, 3.63) is 29.3 Å². The van der Waals surface area contributed by atoms with Gasteiger partial charge in [0.1, 0.15) is 5.75 Å². The Morgan fingerprint density at radius 3 is 2.54 bits per heavy atom. The highest BCUT2D eigenvalue weighted by atomic mass is 16.5. The van der Waals surface area contributed by atoms with Gasteiger partial charge >= 0.3 is 5.97 Å². The van der Waals surface area contributed by atoms with Gasteiger partial charge in [-0.1, -0.05) is 6.07 Å². The molecule has 1 aromatic rings. The van der Waals surface area contributed by atoms with Crippen molar-refractivity contribution < 1.29 is 24.5 Å². The van der Waals surface area contributed by atoms with Crippen LogP contribution in [0, 0.1) is 18.8 Å². The number of carbonyl (C=O) groups is 2. The Morgan fingerprint density at radius 2 is 1.92 bits per heavy atom. The van der Waals surface area contributed by atoms with E-state index in [1.54, 1.807) is 17.0 Å². The minimum Gasteiger partial charge on any atom is -0.507 e. The molecule has 24 heavy (non-hydrogen) atoms. The number of ether oxygens (including phenoxy) is 1. The van der Waals surface area contributed by atoms with Gasteiger partial charge in [0.25, 0.3) is 5.91 Å². The molecule has 0 spiro atoms. The molecule has 2 saturated heterocycles. The Bertz CT molecular complexity index is 636. The second-order valence-corrected chi connectivity index (χ2v) is 6.72. The molecule has 0 bridgehead atoms. The predicted octanol–water partition coefficient (Wildman–Crippen LogP) is 2.04. The number of likely N-dealkylation sites (tertiary alicyclic amines) is 1. The summed E-state index contributed by atoms with van der Waals surface area (Å²) in [7, 11) is 0. The molecule has 1 amide bonds. The Morgan fingerprint density at radius 1 is 1.21 bits per heavy atom. The van der Waals surface area contributed by atoms with Crippen molar-refractivity contribution in [2.24, 2.45) is 11.8 Å². The third-order valence-electron chi connectivity index (χ3n) is 5.13. The molecule has 2 aliphatic rings. The molecule has 6 heteroatoms. The first-order valence-corrected chi connectivity index (χ1v) is 8.40. The maximum absolute atomic E-state index is 12.6. The lowest BCUT2D eigenvalue weighted by molar-refractivity contribution is -0.145. The van der Waals surface area contributed by atoms with Gasteiger partial charge in [-0.05, 0) is 49.8 Å². The lowest BCUT2D eigenvalue weighted by Crippen LogP contribution is -2.43. The molecule has 3 rings (SSSR count). The number of aromatic hydroxyl groups is 1. The molecule has 2 fully saturated rings. The molecule has 0 unspecified atom stereocenters. The number of phenolic OH excluding ortho intramolecular Hbond substituents is 1. The summed E-state index contributed by atoms with van der Waals surface area (Å²) in [6.07, 6.45) is 1.78. The van der Waals surface area contributed by atoms with E-state index in [-0.39, 0.29) is 23.7 Å². The summed E-state index contributed by atoms with van der Waals surface area (Å²) in [5, 5.41) is 19.3. The van der Waals surface area contributed by atoms with E-state index < -0.39 is 11.9 Å². The summed E-state index contributed by atoms with van der Waals surface area (Å²) in [4.78, 5) is 25.6. The van der Waals surface area contributed by atoms with Crippen LogP contribution in [0.15, 0.2) is 18.2 Å². The normalized spacial score (nSPS) is 25.0. The number of carbonyl (C=O) groups excluding carboxylic acids is 1.